The number of nitrogens with one attached hydrogen (secondary N) is 1. The van der Waals surface area contributed by atoms with Gasteiger partial charge in [-0.3, -0.25) is 9.67 Å². The molecule has 36 heavy (non-hydrogen) atoms. The van der Waals surface area contributed by atoms with Crippen LogP contribution in [-0.2, 0) is 16.4 Å². The second-order valence-corrected chi connectivity index (χ2v) is 12.2. The first-order valence-corrected chi connectivity index (χ1v) is 14.3. The third kappa shape index (κ3) is 4.60. The van der Waals surface area contributed by atoms with E-state index >= 15 is 0 Å². The number of hydrogen-bond acceptors (Lipinski definition) is 7. The molecule has 11 heteroatoms. The molecule has 1 aliphatic heterocycles. The summed E-state index contributed by atoms with van der Waals surface area (Å²) in [6.07, 6.45) is 6.80. The maximum atomic E-state index is 11.7. The summed E-state index contributed by atoms with van der Waals surface area (Å²) in [5, 5.41) is 4.48. The quantitative estimate of drug-likeness (QED) is 0.316. The molecule has 1 fully saturated rings. The highest BCUT2D eigenvalue weighted by Gasteiger charge is 2.24. The molecule has 4 heterocycles. The number of rotatable bonds is 5. The number of sulfone groups is 1. The van der Waals surface area contributed by atoms with E-state index in [1.54, 1.807) is 12.4 Å². The number of benzene rings is 2. The predicted octanol–water partition coefficient (Wildman–Crippen LogP) is 5.06. The summed E-state index contributed by atoms with van der Waals surface area (Å²) in [6.45, 7) is 2.61. The minimum absolute atomic E-state index is 0.260. The first kappa shape index (κ1) is 23.1. The summed E-state index contributed by atoms with van der Waals surface area (Å²) in [4.78, 5) is 17.1. The number of hydrogen-bond donors (Lipinski definition) is 1. The van der Waals surface area contributed by atoms with Gasteiger partial charge in [0.15, 0.2) is 0 Å². The van der Waals surface area contributed by atoms with Crippen molar-refractivity contribution < 1.29 is 13.2 Å². The summed E-state index contributed by atoms with van der Waals surface area (Å²) < 4.78 is 32.1. The van der Waals surface area contributed by atoms with Crippen molar-refractivity contribution in [2.24, 2.45) is 5.92 Å². The van der Waals surface area contributed by atoms with Crippen LogP contribution in [0.2, 0.25) is 0 Å². The van der Waals surface area contributed by atoms with Crippen LogP contribution in [0, 0.1) is 12.8 Å². The molecule has 0 atom stereocenters. The number of aromatic nitrogens is 6. The zero-order valence-corrected chi connectivity index (χ0v) is 21.9. The molecule has 9 nitrogen and oxygen atoms in total. The Bertz CT molecular complexity index is 1700. The summed E-state index contributed by atoms with van der Waals surface area (Å²) in [7, 11) is -2.87. The van der Waals surface area contributed by atoms with E-state index < -0.39 is 9.84 Å². The van der Waals surface area contributed by atoms with E-state index in [4.69, 9.17) is 9.72 Å². The Hall–Kier alpha value is -3.31. The lowest BCUT2D eigenvalue weighted by Crippen LogP contribution is -2.26. The van der Waals surface area contributed by atoms with Crippen molar-refractivity contribution in [2.45, 2.75) is 26.3 Å². The molecule has 0 bridgehead atoms. The molecule has 2 aromatic carbocycles. The standard InChI is InChI=1S/C25H23BrN6O3S/c1-15-29-19-3-2-18(10-21(19)30-15)35-23-5-4-20-25(24(23)26)31-22(12-27-20)17-11-28-32(14-17)13-16-6-8-36(33,34)9-7-16/h2-5,10-12,14,16H,6-9,13H2,1H3,(H,29,30). The minimum Gasteiger partial charge on any atom is -0.456 e. The van der Waals surface area contributed by atoms with Gasteiger partial charge in [-0.1, -0.05) is 0 Å². The predicted molar refractivity (Wildman–Crippen MR) is 141 cm³/mol. The van der Waals surface area contributed by atoms with Gasteiger partial charge in [0.25, 0.3) is 0 Å². The van der Waals surface area contributed by atoms with Gasteiger partial charge in [-0.05, 0) is 65.9 Å². The fourth-order valence-electron chi connectivity index (χ4n) is 4.53. The molecule has 6 rings (SSSR count). The molecule has 0 amide bonds. The van der Waals surface area contributed by atoms with Gasteiger partial charge in [0.05, 0.1) is 50.6 Å². The van der Waals surface area contributed by atoms with Crippen LogP contribution in [-0.4, -0.2) is 49.6 Å². The van der Waals surface area contributed by atoms with E-state index in [0.29, 0.717) is 52.5 Å². The van der Waals surface area contributed by atoms with E-state index in [0.717, 1.165) is 27.9 Å². The topological polar surface area (TPSA) is 116 Å². The molecule has 184 valence electrons. The molecule has 5 aromatic rings. The first-order valence-electron chi connectivity index (χ1n) is 11.7. The number of imidazole rings is 1. The fourth-order valence-corrected chi connectivity index (χ4v) is 6.63. The number of fused-ring (bicyclic) bond motifs is 2. The zero-order valence-electron chi connectivity index (χ0n) is 19.5. The summed E-state index contributed by atoms with van der Waals surface area (Å²) >= 11 is 3.66. The molecular formula is C25H23BrN6O3S. The Morgan fingerprint density at radius 1 is 1.11 bits per heavy atom. The SMILES string of the molecule is Cc1nc2ccc(Oc3ccc4ncc(-c5cnn(CC6CCS(=O)(=O)CC6)c5)nc4c3Br)cc2[nH]1. The van der Waals surface area contributed by atoms with Crippen molar-refractivity contribution in [2.75, 3.05) is 11.5 Å². The molecular weight excluding hydrogens is 544 g/mol. The van der Waals surface area contributed by atoms with Crippen molar-refractivity contribution in [1.29, 1.82) is 0 Å². The molecule has 3 aromatic heterocycles. The molecule has 1 saturated heterocycles. The molecule has 0 unspecified atom stereocenters. The van der Waals surface area contributed by atoms with Crippen LogP contribution >= 0.6 is 15.9 Å². The normalized spacial score (nSPS) is 16.1. The average Bonchev–Trinajstić information content (AvgIpc) is 3.47. The van der Waals surface area contributed by atoms with Crippen molar-refractivity contribution >= 4 is 47.8 Å². The van der Waals surface area contributed by atoms with Crippen LogP contribution in [0.15, 0.2) is 53.4 Å². The lowest BCUT2D eigenvalue weighted by atomic mass is 10.0. The number of halogens is 1. The monoisotopic (exact) mass is 566 g/mol. The van der Waals surface area contributed by atoms with Gasteiger partial charge in [0.1, 0.15) is 32.7 Å². The fraction of sp³-hybridized carbons (Fsp3) is 0.280. The lowest BCUT2D eigenvalue weighted by molar-refractivity contribution is 0.384. The average molecular weight is 567 g/mol. The molecule has 0 spiro atoms. The van der Waals surface area contributed by atoms with Crippen LogP contribution < -0.4 is 4.74 Å². The largest absolute Gasteiger partial charge is 0.456 e. The minimum atomic E-state index is -2.87. The Morgan fingerprint density at radius 2 is 1.92 bits per heavy atom. The van der Waals surface area contributed by atoms with Gasteiger partial charge >= 0.3 is 0 Å². The molecule has 1 aliphatic rings. The summed E-state index contributed by atoms with van der Waals surface area (Å²) in [6, 6.07) is 9.48. The van der Waals surface area contributed by atoms with E-state index in [1.807, 2.05) is 48.1 Å². The Labute approximate surface area is 216 Å². The van der Waals surface area contributed by atoms with Gasteiger partial charge in [-0.15, -0.1) is 0 Å². The number of H-pyrrole nitrogens is 1. The van der Waals surface area contributed by atoms with Gasteiger partial charge in [-0.2, -0.15) is 5.10 Å². The van der Waals surface area contributed by atoms with Gasteiger partial charge in [0.2, 0.25) is 0 Å². The zero-order chi connectivity index (χ0) is 24.9. The highest BCUT2D eigenvalue weighted by molar-refractivity contribution is 9.10. The summed E-state index contributed by atoms with van der Waals surface area (Å²) in [5.74, 6) is 3.00. The third-order valence-corrected chi connectivity index (χ3v) is 8.95. The Morgan fingerprint density at radius 3 is 2.75 bits per heavy atom. The smallest absolute Gasteiger partial charge is 0.150 e. The highest BCUT2D eigenvalue weighted by atomic mass is 79.9. The number of aromatic amines is 1. The van der Waals surface area contributed by atoms with Crippen LogP contribution in [0.3, 0.4) is 0 Å². The van der Waals surface area contributed by atoms with E-state index in [-0.39, 0.29) is 11.5 Å². The molecule has 0 aliphatic carbocycles. The van der Waals surface area contributed by atoms with E-state index in [1.165, 1.54) is 0 Å². The van der Waals surface area contributed by atoms with E-state index in [2.05, 4.69) is 36.0 Å². The van der Waals surface area contributed by atoms with Crippen molar-refractivity contribution in [3.8, 4) is 22.8 Å². The lowest BCUT2D eigenvalue weighted by Gasteiger charge is -2.21. The van der Waals surface area contributed by atoms with Gasteiger partial charge in [-0.25, -0.2) is 18.4 Å². The van der Waals surface area contributed by atoms with Crippen LogP contribution in [0.1, 0.15) is 18.7 Å². The van der Waals surface area contributed by atoms with Gasteiger partial charge < -0.3 is 9.72 Å². The third-order valence-electron chi connectivity index (χ3n) is 6.47. The number of ether oxygens (including phenoxy) is 1. The number of nitrogens with zero attached hydrogens (tertiary/aromatic N) is 5. The maximum Gasteiger partial charge on any atom is 0.150 e. The van der Waals surface area contributed by atoms with Gasteiger partial charge in [0, 0.05) is 24.4 Å². The van der Waals surface area contributed by atoms with Crippen molar-refractivity contribution in [3.05, 3.63) is 59.2 Å². The van der Waals surface area contributed by atoms with Crippen LogP contribution in [0.25, 0.3) is 33.3 Å². The molecule has 0 saturated carbocycles. The summed E-state index contributed by atoms with van der Waals surface area (Å²) in [5.41, 5.74) is 4.79. The molecule has 0 radical (unpaired) electrons. The molecule has 1 N–H and O–H groups in total. The van der Waals surface area contributed by atoms with Crippen molar-refractivity contribution in [3.63, 3.8) is 0 Å². The van der Waals surface area contributed by atoms with Crippen LogP contribution in [0.4, 0.5) is 0 Å². The van der Waals surface area contributed by atoms with Crippen LogP contribution in [0.5, 0.6) is 11.5 Å². The first-order chi connectivity index (χ1) is 17.3. The number of aryl methyl sites for hydroxylation is 1. The second-order valence-electron chi connectivity index (χ2n) is 9.15. The maximum absolute atomic E-state index is 11.7. The highest BCUT2D eigenvalue weighted by Crippen LogP contribution is 2.36. The Balaban J connectivity index is 1.25. The van der Waals surface area contributed by atoms with Crippen molar-refractivity contribution in [1.82, 2.24) is 29.7 Å². The Kier molecular flexibility index (Phi) is 5.76. The van der Waals surface area contributed by atoms with E-state index in [9.17, 15) is 8.42 Å². The second kappa shape index (κ2) is 8.97.